The molecule has 1 aliphatic heterocycles. The Bertz CT molecular complexity index is 2020. The summed E-state index contributed by atoms with van der Waals surface area (Å²) in [6.45, 7) is 13.0. The van der Waals surface area contributed by atoms with Crippen LogP contribution in [-0.4, -0.2) is 63.1 Å². The number of carbonyl (C=O) groups excluding carboxylic acids is 1. The summed E-state index contributed by atoms with van der Waals surface area (Å²) in [5, 5.41) is 1.14. The second kappa shape index (κ2) is 11.8. The van der Waals surface area contributed by atoms with Crippen molar-refractivity contribution in [2.45, 2.75) is 46.2 Å². The van der Waals surface area contributed by atoms with Crippen molar-refractivity contribution in [2.75, 3.05) is 31.6 Å². The van der Waals surface area contributed by atoms with Crippen molar-refractivity contribution < 1.29 is 18.3 Å². The van der Waals surface area contributed by atoms with Gasteiger partial charge in [0.2, 0.25) is 5.91 Å². The quantitative estimate of drug-likeness (QED) is 0.224. The van der Waals surface area contributed by atoms with Gasteiger partial charge in [0.05, 0.1) is 30.9 Å². The van der Waals surface area contributed by atoms with Crippen LogP contribution >= 0.6 is 0 Å². The predicted octanol–water partition coefficient (Wildman–Crippen LogP) is 5.45. The summed E-state index contributed by atoms with van der Waals surface area (Å²) >= 11 is 0. The lowest BCUT2D eigenvalue weighted by atomic mass is 9.99. The van der Waals surface area contributed by atoms with Crippen LogP contribution in [0, 0.1) is 12.7 Å². The molecular weight excluding hydrogens is 575 g/mol. The van der Waals surface area contributed by atoms with Crippen molar-refractivity contribution in [1.82, 2.24) is 24.4 Å². The van der Waals surface area contributed by atoms with Crippen molar-refractivity contribution in [3.63, 3.8) is 0 Å². The summed E-state index contributed by atoms with van der Waals surface area (Å²) in [6.07, 6.45) is 4.58. The third kappa shape index (κ3) is 5.22. The average Bonchev–Trinajstić information content (AvgIpc) is 3.51. The van der Waals surface area contributed by atoms with Gasteiger partial charge in [-0.05, 0) is 67.3 Å². The number of methoxy groups -OCH3 is 1. The van der Waals surface area contributed by atoms with Crippen LogP contribution in [0.5, 0.6) is 5.75 Å². The number of rotatable bonds is 7. The Hall–Kier alpha value is -5.06. The van der Waals surface area contributed by atoms with Gasteiger partial charge in [0.15, 0.2) is 5.82 Å². The smallest absolute Gasteiger partial charge is 0.351 e. The van der Waals surface area contributed by atoms with Gasteiger partial charge in [0, 0.05) is 43.0 Å². The van der Waals surface area contributed by atoms with E-state index >= 15 is 4.39 Å². The third-order valence-corrected chi connectivity index (χ3v) is 8.50. The number of furan rings is 1. The van der Waals surface area contributed by atoms with Gasteiger partial charge in [-0.25, -0.2) is 14.2 Å². The molecule has 0 N–H and O–H groups in total. The molecule has 0 unspecified atom stereocenters. The number of aryl methyl sites for hydroxylation is 1. The Kier molecular flexibility index (Phi) is 7.86. The molecule has 45 heavy (non-hydrogen) atoms. The van der Waals surface area contributed by atoms with E-state index in [1.807, 2.05) is 44.7 Å². The molecule has 232 valence electrons. The Morgan fingerprint density at radius 3 is 2.73 bits per heavy atom. The van der Waals surface area contributed by atoms with Gasteiger partial charge in [-0.2, -0.15) is 4.98 Å². The zero-order valence-corrected chi connectivity index (χ0v) is 26.0. The molecule has 0 saturated carbocycles. The molecule has 0 aliphatic carbocycles. The van der Waals surface area contributed by atoms with Crippen molar-refractivity contribution in [2.24, 2.45) is 0 Å². The minimum absolute atomic E-state index is 0.00774. The van der Waals surface area contributed by atoms with Crippen molar-refractivity contribution in [1.29, 1.82) is 0 Å². The largest absolute Gasteiger partial charge is 0.496 e. The Labute approximate surface area is 259 Å². The summed E-state index contributed by atoms with van der Waals surface area (Å²) in [5.74, 6) is 0.0181. The normalized spacial score (nSPS) is 15.3. The molecule has 4 aromatic heterocycles. The molecule has 0 bridgehead atoms. The number of hydrogen-bond acceptors (Lipinski definition) is 8. The molecule has 1 aromatic carbocycles. The fourth-order valence-corrected chi connectivity index (χ4v) is 6.17. The number of nitrogens with zero attached hydrogens (tertiary/aromatic N) is 6. The first-order chi connectivity index (χ1) is 21.6. The molecule has 11 heteroatoms. The number of aromatic nitrogens is 4. The number of piperazine rings is 1. The standard InChI is InChI=1S/C34H35FN6O4/c1-7-27(42)39-13-14-40(21(5)17-39)33-23-16-25(35)30(28-26(44-6)9-8-22-11-15-45-31(22)28)37-32(23)41(34(43)38-33)18-24-20(4)10-12-36-29(24)19(2)3/h7-12,15-16,19,21H,1,13-14,17-18H2,2-6H3/t21-/m0/s1. The lowest BCUT2D eigenvalue weighted by Gasteiger charge is -2.40. The molecule has 1 saturated heterocycles. The highest BCUT2D eigenvalue weighted by Gasteiger charge is 2.30. The van der Waals surface area contributed by atoms with Crippen molar-refractivity contribution >= 4 is 33.7 Å². The number of carbonyl (C=O) groups is 1. The van der Waals surface area contributed by atoms with E-state index in [-0.39, 0.29) is 35.8 Å². The Morgan fingerprint density at radius 2 is 2.02 bits per heavy atom. The van der Waals surface area contributed by atoms with Crippen LogP contribution in [0.4, 0.5) is 10.2 Å². The number of halogens is 1. The summed E-state index contributed by atoms with van der Waals surface area (Å²) in [4.78, 5) is 44.0. The number of pyridine rings is 2. The van der Waals surface area contributed by atoms with Gasteiger partial charge in [-0.3, -0.25) is 14.3 Å². The molecule has 0 spiro atoms. The van der Waals surface area contributed by atoms with Crippen LogP contribution < -0.4 is 15.3 Å². The molecule has 10 nitrogen and oxygen atoms in total. The zero-order chi connectivity index (χ0) is 32.0. The molecular formula is C34H35FN6O4. The van der Waals surface area contributed by atoms with E-state index in [1.54, 1.807) is 23.2 Å². The molecule has 5 heterocycles. The summed E-state index contributed by atoms with van der Waals surface area (Å²) in [6, 6.07) is 8.43. The lowest BCUT2D eigenvalue weighted by Crippen LogP contribution is -2.54. The SMILES string of the molecule is C=CC(=O)N1CCN(c2nc(=O)n(Cc3c(C)ccnc3C(C)C)c3nc(-c4c(OC)ccc5ccoc45)c(F)cc23)[C@@H](C)C1. The molecule has 1 fully saturated rings. The van der Waals surface area contributed by atoms with Crippen molar-refractivity contribution in [3.05, 3.63) is 88.6 Å². The fraction of sp³-hybridized carbons (Fsp3) is 0.324. The number of hydrogen-bond donors (Lipinski definition) is 0. The zero-order valence-electron chi connectivity index (χ0n) is 26.0. The van der Waals surface area contributed by atoms with Crippen LogP contribution in [0.25, 0.3) is 33.3 Å². The van der Waals surface area contributed by atoms with Crippen molar-refractivity contribution in [3.8, 4) is 17.0 Å². The molecule has 0 radical (unpaired) electrons. The minimum atomic E-state index is -0.619. The van der Waals surface area contributed by atoms with E-state index in [1.165, 1.54) is 30.1 Å². The highest BCUT2D eigenvalue weighted by atomic mass is 19.1. The first-order valence-corrected chi connectivity index (χ1v) is 14.9. The molecule has 1 aliphatic rings. The maximum absolute atomic E-state index is 16.3. The number of benzene rings is 1. The van der Waals surface area contributed by atoms with Crippen LogP contribution in [0.15, 0.2) is 64.7 Å². The summed E-state index contributed by atoms with van der Waals surface area (Å²) in [5.41, 5.74) is 3.22. The monoisotopic (exact) mass is 610 g/mol. The van der Waals surface area contributed by atoms with E-state index in [2.05, 4.69) is 16.5 Å². The highest BCUT2D eigenvalue weighted by molar-refractivity contribution is 5.97. The third-order valence-electron chi connectivity index (χ3n) is 8.50. The van der Waals surface area contributed by atoms with Gasteiger partial charge in [-0.15, -0.1) is 0 Å². The highest BCUT2D eigenvalue weighted by Crippen LogP contribution is 2.39. The predicted molar refractivity (Wildman–Crippen MR) is 171 cm³/mol. The maximum atomic E-state index is 16.3. The number of anilines is 1. The minimum Gasteiger partial charge on any atom is -0.496 e. The number of ether oxygens (including phenoxy) is 1. The van der Waals surface area contributed by atoms with Crippen LogP contribution in [0.2, 0.25) is 0 Å². The topological polar surface area (TPSA) is 107 Å². The Balaban J connectivity index is 1.61. The lowest BCUT2D eigenvalue weighted by molar-refractivity contribution is -0.126. The number of amides is 1. The van der Waals surface area contributed by atoms with E-state index < -0.39 is 11.5 Å². The molecule has 5 aromatic rings. The molecule has 6 rings (SSSR count). The maximum Gasteiger partial charge on any atom is 0.351 e. The van der Waals surface area contributed by atoms with E-state index in [4.69, 9.17) is 14.1 Å². The average molecular weight is 611 g/mol. The van der Waals surface area contributed by atoms with E-state index in [9.17, 15) is 9.59 Å². The molecule has 1 amide bonds. The van der Waals surface area contributed by atoms with Gasteiger partial charge in [0.25, 0.3) is 0 Å². The summed E-state index contributed by atoms with van der Waals surface area (Å²) < 4.78 is 29.2. The van der Waals surface area contributed by atoms with E-state index in [0.29, 0.717) is 47.7 Å². The summed E-state index contributed by atoms with van der Waals surface area (Å²) in [7, 11) is 1.50. The first-order valence-electron chi connectivity index (χ1n) is 14.9. The number of fused-ring (bicyclic) bond motifs is 2. The molecule has 1 atom stereocenters. The van der Waals surface area contributed by atoms with Crippen LogP contribution in [-0.2, 0) is 11.3 Å². The second-order valence-corrected chi connectivity index (χ2v) is 11.7. The van der Waals surface area contributed by atoms with Gasteiger partial charge in [0.1, 0.15) is 28.5 Å². The fourth-order valence-electron chi connectivity index (χ4n) is 6.17. The van der Waals surface area contributed by atoms with Gasteiger partial charge < -0.3 is 19.0 Å². The Morgan fingerprint density at radius 1 is 1.22 bits per heavy atom. The van der Waals surface area contributed by atoms with Gasteiger partial charge in [-0.1, -0.05) is 20.4 Å². The second-order valence-electron chi connectivity index (χ2n) is 11.7. The van der Waals surface area contributed by atoms with Crippen LogP contribution in [0.1, 0.15) is 43.5 Å². The van der Waals surface area contributed by atoms with Gasteiger partial charge >= 0.3 is 5.69 Å². The first kappa shape index (κ1) is 30.0. The van der Waals surface area contributed by atoms with E-state index in [0.717, 1.165) is 22.2 Å². The van der Waals surface area contributed by atoms with Crippen LogP contribution in [0.3, 0.4) is 0 Å².